The van der Waals surface area contributed by atoms with Crippen LogP contribution in [0.4, 0.5) is 0 Å². The molecule has 1 atom stereocenters. The molecule has 0 saturated heterocycles. The molecule has 0 saturated carbocycles. The van der Waals surface area contributed by atoms with E-state index in [-0.39, 0.29) is 6.10 Å². The lowest BCUT2D eigenvalue weighted by Crippen LogP contribution is -2.06. The van der Waals surface area contributed by atoms with Crippen molar-refractivity contribution in [3.8, 4) is 0 Å². The molecule has 4 heteroatoms. The second-order valence-corrected chi connectivity index (χ2v) is 2.34. The van der Waals surface area contributed by atoms with E-state index in [1.165, 1.54) is 6.08 Å². The van der Waals surface area contributed by atoms with Crippen LogP contribution in [0.25, 0.3) is 0 Å². The molecule has 4 nitrogen and oxygen atoms in total. The van der Waals surface area contributed by atoms with Crippen molar-refractivity contribution in [3.63, 3.8) is 0 Å². The Hall–Kier alpha value is -1.16. The first-order valence-corrected chi connectivity index (χ1v) is 3.69. The number of hydrogen-bond acceptors (Lipinski definition) is 3. The van der Waals surface area contributed by atoms with Gasteiger partial charge in [-0.05, 0) is 19.4 Å². The van der Waals surface area contributed by atoms with Crippen molar-refractivity contribution in [3.05, 3.63) is 35.0 Å². The number of rotatable bonds is 6. The topological polar surface area (TPSA) is 52.4 Å². The fraction of sp³-hybridized carbons (Fsp3) is 0.500. The Morgan fingerprint density at radius 2 is 2.42 bits per heavy atom. The maximum absolute atomic E-state index is 9.86. The molecule has 0 aliphatic rings. The molecule has 0 radical (unpaired) electrons. The number of hydrogen-bond donors (Lipinski definition) is 0. The van der Waals surface area contributed by atoms with E-state index in [0.717, 1.165) is 6.20 Å². The molecule has 0 N–H and O–H groups in total. The largest absolute Gasteiger partial charge is 0.374 e. The third kappa shape index (κ3) is 6.95. The van der Waals surface area contributed by atoms with Crippen molar-refractivity contribution >= 4 is 0 Å². The van der Waals surface area contributed by atoms with E-state index in [1.54, 1.807) is 6.08 Å². The van der Waals surface area contributed by atoms with Crippen LogP contribution in [0.5, 0.6) is 0 Å². The Morgan fingerprint density at radius 3 is 2.92 bits per heavy atom. The summed E-state index contributed by atoms with van der Waals surface area (Å²) >= 11 is 0. The van der Waals surface area contributed by atoms with Crippen LogP contribution in [0.1, 0.15) is 13.3 Å². The first-order valence-electron chi connectivity index (χ1n) is 3.69. The minimum atomic E-state index is -0.486. The summed E-state index contributed by atoms with van der Waals surface area (Å²) < 4.78 is 5.18. The fourth-order valence-electron chi connectivity index (χ4n) is 0.639. The summed E-state index contributed by atoms with van der Waals surface area (Å²) in [5, 5.41) is 9.86. The van der Waals surface area contributed by atoms with Crippen molar-refractivity contribution in [2.24, 2.45) is 0 Å². The van der Waals surface area contributed by atoms with Gasteiger partial charge in [-0.3, -0.25) is 10.1 Å². The Bertz CT molecular complexity index is 177. The highest BCUT2D eigenvalue weighted by molar-refractivity contribution is 4.76. The lowest BCUT2D eigenvalue weighted by Gasteiger charge is -2.06. The van der Waals surface area contributed by atoms with Gasteiger partial charge in [0.15, 0.2) is 0 Å². The van der Waals surface area contributed by atoms with Crippen LogP contribution in [-0.4, -0.2) is 17.6 Å². The third-order valence-corrected chi connectivity index (χ3v) is 1.19. The van der Waals surface area contributed by atoms with Crippen molar-refractivity contribution in [2.75, 3.05) is 6.61 Å². The Labute approximate surface area is 71.7 Å². The summed E-state index contributed by atoms with van der Waals surface area (Å²) in [5.41, 5.74) is 0. The highest BCUT2D eigenvalue weighted by Crippen LogP contribution is 1.98. The van der Waals surface area contributed by atoms with Crippen LogP contribution in [-0.2, 0) is 4.74 Å². The van der Waals surface area contributed by atoms with Gasteiger partial charge in [0.25, 0.3) is 0 Å². The normalized spacial score (nSPS) is 13.1. The standard InChI is InChI=1S/C8H13NO3/c1-3-7-12-8(2)5-4-6-9(10)11/h3-4,6,8H,1,5,7H2,2H3. The van der Waals surface area contributed by atoms with Crippen molar-refractivity contribution in [2.45, 2.75) is 19.4 Å². The summed E-state index contributed by atoms with van der Waals surface area (Å²) in [6, 6.07) is 0. The molecule has 0 amide bonds. The van der Waals surface area contributed by atoms with Gasteiger partial charge in [-0.15, -0.1) is 6.58 Å². The number of nitrogens with zero attached hydrogens (tertiary/aromatic N) is 1. The molecule has 1 unspecified atom stereocenters. The molecule has 0 aromatic rings. The summed E-state index contributed by atoms with van der Waals surface area (Å²) in [6.07, 6.45) is 4.60. The second kappa shape index (κ2) is 6.54. The zero-order chi connectivity index (χ0) is 9.40. The predicted molar refractivity (Wildman–Crippen MR) is 46.4 cm³/mol. The van der Waals surface area contributed by atoms with Gasteiger partial charge in [-0.25, -0.2) is 0 Å². The minimum absolute atomic E-state index is 0.000741. The van der Waals surface area contributed by atoms with E-state index >= 15 is 0 Å². The zero-order valence-electron chi connectivity index (χ0n) is 7.10. The van der Waals surface area contributed by atoms with Crippen molar-refractivity contribution < 1.29 is 9.66 Å². The summed E-state index contributed by atoms with van der Waals surface area (Å²) in [5.74, 6) is 0. The third-order valence-electron chi connectivity index (χ3n) is 1.19. The first kappa shape index (κ1) is 10.8. The van der Waals surface area contributed by atoms with Crippen LogP contribution >= 0.6 is 0 Å². The highest BCUT2D eigenvalue weighted by atomic mass is 16.6. The van der Waals surface area contributed by atoms with E-state index in [4.69, 9.17) is 4.74 Å². The van der Waals surface area contributed by atoms with Gasteiger partial charge < -0.3 is 4.74 Å². The van der Waals surface area contributed by atoms with Gasteiger partial charge in [0.05, 0.1) is 17.6 Å². The Balaban J connectivity index is 3.48. The van der Waals surface area contributed by atoms with Crippen LogP contribution in [0.3, 0.4) is 0 Å². The van der Waals surface area contributed by atoms with Crippen molar-refractivity contribution in [1.82, 2.24) is 0 Å². The van der Waals surface area contributed by atoms with E-state index < -0.39 is 4.92 Å². The molecular formula is C8H13NO3. The smallest absolute Gasteiger partial charge is 0.230 e. The monoisotopic (exact) mass is 171 g/mol. The lowest BCUT2D eigenvalue weighted by molar-refractivity contribution is -0.402. The van der Waals surface area contributed by atoms with Gasteiger partial charge in [0.2, 0.25) is 6.20 Å². The quantitative estimate of drug-likeness (QED) is 0.347. The molecule has 0 bridgehead atoms. The summed E-state index contributed by atoms with van der Waals surface area (Å²) in [6.45, 7) is 5.82. The molecule has 0 aromatic heterocycles. The zero-order valence-corrected chi connectivity index (χ0v) is 7.10. The van der Waals surface area contributed by atoms with E-state index in [2.05, 4.69) is 6.58 Å². The predicted octanol–water partition coefficient (Wildman–Crippen LogP) is 1.76. The van der Waals surface area contributed by atoms with Crippen molar-refractivity contribution in [1.29, 1.82) is 0 Å². The van der Waals surface area contributed by atoms with Crippen LogP contribution in [0, 0.1) is 10.1 Å². The maximum atomic E-state index is 9.86. The summed E-state index contributed by atoms with van der Waals surface area (Å²) in [7, 11) is 0. The molecule has 0 fully saturated rings. The average Bonchev–Trinajstić information content (AvgIpc) is 2.00. The average molecular weight is 171 g/mol. The fourth-order valence-corrected chi connectivity index (χ4v) is 0.639. The van der Waals surface area contributed by atoms with E-state index in [1.807, 2.05) is 6.92 Å². The maximum Gasteiger partial charge on any atom is 0.230 e. The van der Waals surface area contributed by atoms with E-state index in [9.17, 15) is 10.1 Å². The molecule has 0 aromatic carbocycles. The molecular weight excluding hydrogens is 158 g/mol. The molecule has 12 heavy (non-hydrogen) atoms. The summed E-state index contributed by atoms with van der Waals surface area (Å²) in [4.78, 5) is 9.37. The number of nitro groups is 1. The van der Waals surface area contributed by atoms with Gasteiger partial charge in [-0.1, -0.05) is 6.08 Å². The van der Waals surface area contributed by atoms with Gasteiger partial charge >= 0.3 is 0 Å². The van der Waals surface area contributed by atoms with Gasteiger partial charge in [-0.2, -0.15) is 0 Å². The van der Waals surface area contributed by atoms with Crippen LogP contribution in [0.2, 0.25) is 0 Å². The molecule has 0 aliphatic heterocycles. The number of ether oxygens (including phenoxy) is 1. The highest BCUT2D eigenvalue weighted by Gasteiger charge is 1.97. The van der Waals surface area contributed by atoms with Gasteiger partial charge in [0.1, 0.15) is 0 Å². The van der Waals surface area contributed by atoms with Crippen LogP contribution in [0.15, 0.2) is 24.9 Å². The lowest BCUT2D eigenvalue weighted by atomic mass is 10.3. The molecule has 0 rings (SSSR count). The minimum Gasteiger partial charge on any atom is -0.374 e. The first-order chi connectivity index (χ1) is 5.66. The molecule has 68 valence electrons. The second-order valence-electron chi connectivity index (χ2n) is 2.34. The van der Waals surface area contributed by atoms with E-state index in [0.29, 0.717) is 13.0 Å². The molecule has 0 heterocycles. The Morgan fingerprint density at radius 1 is 1.75 bits per heavy atom. The molecule has 0 aliphatic carbocycles. The van der Waals surface area contributed by atoms with Gasteiger partial charge in [0, 0.05) is 0 Å². The SMILES string of the molecule is C=CCOC(C)CC=C[N+](=O)[O-]. The Kier molecular flexibility index (Phi) is 5.91. The molecule has 0 spiro atoms. The van der Waals surface area contributed by atoms with Crippen LogP contribution < -0.4 is 0 Å².